The molecule has 192 valence electrons. The maximum atomic E-state index is 13.5. The highest BCUT2D eigenvalue weighted by Gasteiger charge is 2.45. The maximum absolute atomic E-state index is 13.5. The lowest BCUT2D eigenvalue weighted by molar-refractivity contribution is -0.385. The molecule has 9 heteroatoms. The van der Waals surface area contributed by atoms with Crippen LogP contribution in [0.2, 0.25) is 0 Å². The largest absolute Gasteiger partial charge is 0.503 e. The number of aliphatic hydroxyl groups is 1. The second-order valence-corrected chi connectivity index (χ2v) is 9.04. The minimum absolute atomic E-state index is 0.0548. The van der Waals surface area contributed by atoms with Crippen LogP contribution in [0.3, 0.4) is 0 Å². The fourth-order valence-corrected chi connectivity index (χ4v) is 4.99. The number of hydrogen-bond donors (Lipinski definition) is 2. The molecule has 0 aliphatic carbocycles. The third-order valence-electron chi connectivity index (χ3n) is 6.84. The Bertz CT molecular complexity index is 1570. The number of Topliss-reactive ketones (excluding diaryl/α,β-unsaturated/α-hetero) is 1. The first-order chi connectivity index (χ1) is 18.4. The summed E-state index contributed by atoms with van der Waals surface area (Å²) in [5.74, 6) is -1.19. The summed E-state index contributed by atoms with van der Waals surface area (Å²) in [6, 6.07) is 19.5. The van der Waals surface area contributed by atoms with Gasteiger partial charge in [0.15, 0.2) is 11.5 Å². The van der Waals surface area contributed by atoms with Gasteiger partial charge in [-0.3, -0.25) is 19.7 Å². The number of rotatable bonds is 9. The molecule has 0 fully saturated rings. The van der Waals surface area contributed by atoms with Crippen molar-refractivity contribution in [2.45, 2.75) is 18.9 Å². The van der Waals surface area contributed by atoms with Gasteiger partial charge in [-0.1, -0.05) is 42.5 Å². The van der Waals surface area contributed by atoms with Crippen LogP contribution in [0.5, 0.6) is 5.75 Å². The minimum atomic E-state index is -1.10. The molecule has 1 aliphatic rings. The van der Waals surface area contributed by atoms with Crippen molar-refractivity contribution in [1.82, 2.24) is 9.88 Å². The van der Waals surface area contributed by atoms with E-state index in [0.29, 0.717) is 17.7 Å². The summed E-state index contributed by atoms with van der Waals surface area (Å²) < 4.78 is 5.34. The maximum Gasteiger partial charge on any atom is 0.290 e. The Morgan fingerprint density at radius 3 is 2.58 bits per heavy atom. The molecule has 3 aromatic carbocycles. The summed E-state index contributed by atoms with van der Waals surface area (Å²) in [5.41, 5.74) is 2.31. The zero-order valence-electron chi connectivity index (χ0n) is 20.6. The van der Waals surface area contributed by atoms with Gasteiger partial charge in [0.25, 0.3) is 11.6 Å². The number of fused-ring (bicyclic) bond motifs is 1. The van der Waals surface area contributed by atoms with Crippen molar-refractivity contribution in [2.24, 2.45) is 0 Å². The second-order valence-electron chi connectivity index (χ2n) is 9.04. The van der Waals surface area contributed by atoms with Crippen LogP contribution in [0, 0.1) is 10.1 Å². The quantitative estimate of drug-likeness (QED) is 0.245. The van der Waals surface area contributed by atoms with Crippen LogP contribution in [-0.2, 0) is 22.4 Å². The number of amides is 1. The zero-order valence-corrected chi connectivity index (χ0v) is 20.6. The van der Waals surface area contributed by atoms with E-state index >= 15 is 0 Å². The number of aromatic nitrogens is 1. The van der Waals surface area contributed by atoms with E-state index < -0.39 is 28.4 Å². The number of nitro benzene ring substituents is 1. The smallest absolute Gasteiger partial charge is 0.290 e. The van der Waals surface area contributed by atoms with Gasteiger partial charge in [-0.15, -0.1) is 0 Å². The highest BCUT2D eigenvalue weighted by Crippen LogP contribution is 2.42. The van der Waals surface area contributed by atoms with Crippen molar-refractivity contribution in [3.8, 4) is 5.75 Å². The number of para-hydroxylation sites is 1. The zero-order chi connectivity index (χ0) is 26.8. The molecule has 0 unspecified atom stereocenters. The summed E-state index contributed by atoms with van der Waals surface area (Å²) >= 11 is 0. The molecule has 1 aromatic heterocycles. The van der Waals surface area contributed by atoms with Crippen molar-refractivity contribution >= 4 is 28.3 Å². The third kappa shape index (κ3) is 4.50. The standard InChI is InChI=1S/C29H25N3O6/c1-38-20-11-12-23-22(16-20)19(17-30-23)13-14-31-27(21-9-5-6-10-24(21)32(36)37)26(28(34)29(31)35)25(33)15-18-7-3-2-4-8-18/h2-12,16-17,27,30,34H,13-15H2,1H3/t27-/m0/s1. The van der Waals surface area contributed by atoms with E-state index in [1.165, 1.54) is 23.1 Å². The molecule has 0 bridgehead atoms. The van der Waals surface area contributed by atoms with Gasteiger partial charge < -0.3 is 19.7 Å². The fourth-order valence-electron chi connectivity index (χ4n) is 4.99. The molecule has 1 atom stereocenters. The Kier molecular flexibility index (Phi) is 6.66. The first kappa shape index (κ1) is 24.8. The molecule has 38 heavy (non-hydrogen) atoms. The number of methoxy groups -OCH3 is 1. The van der Waals surface area contributed by atoms with Gasteiger partial charge in [0, 0.05) is 36.1 Å². The first-order valence-electron chi connectivity index (χ1n) is 12.1. The second kappa shape index (κ2) is 10.2. The highest BCUT2D eigenvalue weighted by molar-refractivity contribution is 6.09. The lowest BCUT2D eigenvalue weighted by atomic mass is 9.92. The number of nitro groups is 1. The summed E-state index contributed by atoms with van der Waals surface area (Å²) in [5, 5.41) is 23.7. The van der Waals surface area contributed by atoms with E-state index in [9.17, 15) is 24.8 Å². The summed E-state index contributed by atoms with van der Waals surface area (Å²) in [7, 11) is 1.58. The average molecular weight is 512 g/mol. The molecule has 0 radical (unpaired) electrons. The van der Waals surface area contributed by atoms with E-state index in [4.69, 9.17) is 4.74 Å². The fraction of sp³-hybridized carbons (Fsp3) is 0.172. The number of aliphatic hydroxyl groups excluding tert-OH is 1. The number of H-pyrrole nitrogens is 1. The molecular formula is C29H25N3O6. The molecule has 0 spiro atoms. The van der Waals surface area contributed by atoms with Crippen LogP contribution in [0.4, 0.5) is 5.69 Å². The molecule has 2 heterocycles. The molecule has 0 saturated carbocycles. The van der Waals surface area contributed by atoms with Gasteiger partial charge >= 0.3 is 0 Å². The van der Waals surface area contributed by atoms with Crippen LogP contribution in [0.25, 0.3) is 10.9 Å². The lowest BCUT2D eigenvalue weighted by Gasteiger charge is -2.26. The van der Waals surface area contributed by atoms with Gasteiger partial charge in [-0.25, -0.2) is 0 Å². The molecule has 1 aliphatic heterocycles. The Morgan fingerprint density at radius 1 is 1.11 bits per heavy atom. The first-order valence-corrected chi connectivity index (χ1v) is 12.1. The molecule has 2 N–H and O–H groups in total. The number of benzene rings is 3. The number of carbonyl (C=O) groups excluding carboxylic acids is 2. The number of ketones is 1. The predicted octanol–water partition coefficient (Wildman–Crippen LogP) is 4.83. The summed E-state index contributed by atoms with van der Waals surface area (Å²) in [6.07, 6.45) is 2.16. The van der Waals surface area contributed by atoms with E-state index in [0.717, 1.165) is 16.5 Å². The van der Waals surface area contributed by atoms with E-state index in [1.54, 1.807) is 37.4 Å². The van der Waals surface area contributed by atoms with Gasteiger partial charge in [0.1, 0.15) is 5.75 Å². The summed E-state index contributed by atoms with van der Waals surface area (Å²) in [6.45, 7) is 0.117. The van der Waals surface area contributed by atoms with Gasteiger partial charge in [-0.2, -0.15) is 0 Å². The van der Waals surface area contributed by atoms with Crippen LogP contribution >= 0.6 is 0 Å². The Balaban J connectivity index is 1.52. The lowest BCUT2D eigenvalue weighted by Crippen LogP contribution is -2.33. The monoisotopic (exact) mass is 511 g/mol. The van der Waals surface area contributed by atoms with E-state index in [1.807, 2.05) is 30.5 Å². The van der Waals surface area contributed by atoms with Crippen LogP contribution in [0.1, 0.15) is 22.7 Å². The van der Waals surface area contributed by atoms with Gasteiger partial charge in [0.05, 0.1) is 29.2 Å². The number of carbonyl (C=O) groups is 2. The van der Waals surface area contributed by atoms with Crippen molar-refractivity contribution in [1.29, 1.82) is 0 Å². The highest BCUT2D eigenvalue weighted by atomic mass is 16.6. The summed E-state index contributed by atoms with van der Waals surface area (Å²) in [4.78, 5) is 42.7. The van der Waals surface area contributed by atoms with Crippen LogP contribution in [0.15, 0.2) is 90.3 Å². The SMILES string of the molecule is COc1ccc2[nH]cc(CCN3C(=O)C(O)=C(C(=O)Cc4ccccc4)[C@@H]3c3ccccc3[N+](=O)[O-])c2c1. The molecule has 0 saturated heterocycles. The Labute approximate surface area is 218 Å². The molecule has 1 amide bonds. The predicted molar refractivity (Wildman–Crippen MR) is 141 cm³/mol. The number of ether oxygens (including phenoxy) is 1. The van der Waals surface area contributed by atoms with Crippen molar-refractivity contribution < 1.29 is 24.4 Å². The van der Waals surface area contributed by atoms with Crippen LogP contribution < -0.4 is 4.74 Å². The topological polar surface area (TPSA) is 126 Å². The molecule has 9 nitrogen and oxygen atoms in total. The average Bonchev–Trinajstić information content (AvgIpc) is 3.45. The van der Waals surface area contributed by atoms with Gasteiger partial charge in [-0.05, 0) is 41.8 Å². The van der Waals surface area contributed by atoms with E-state index in [2.05, 4.69) is 4.98 Å². The van der Waals surface area contributed by atoms with Crippen LogP contribution in [-0.4, -0.2) is 45.3 Å². The number of nitrogens with zero attached hydrogens (tertiary/aromatic N) is 2. The minimum Gasteiger partial charge on any atom is -0.503 e. The van der Waals surface area contributed by atoms with Gasteiger partial charge in [0.2, 0.25) is 0 Å². The molecular weight excluding hydrogens is 486 g/mol. The molecule has 4 aromatic rings. The number of hydrogen-bond acceptors (Lipinski definition) is 6. The Hall–Kier alpha value is -4.92. The van der Waals surface area contributed by atoms with Crippen molar-refractivity contribution in [3.05, 3.63) is 117 Å². The third-order valence-corrected chi connectivity index (χ3v) is 6.84. The molecule has 5 rings (SSSR count). The normalized spacial score (nSPS) is 15.3. The number of aromatic amines is 1. The van der Waals surface area contributed by atoms with Crippen molar-refractivity contribution in [3.63, 3.8) is 0 Å². The Morgan fingerprint density at radius 2 is 1.84 bits per heavy atom. The number of nitrogens with one attached hydrogen (secondary N) is 1. The van der Waals surface area contributed by atoms with Crippen molar-refractivity contribution in [2.75, 3.05) is 13.7 Å². The van der Waals surface area contributed by atoms with E-state index in [-0.39, 0.29) is 29.8 Å².